The molecular weight excluding hydrogens is 468 g/mol. The molecule has 1 saturated heterocycles. The van der Waals surface area contributed by atoms with E-state index in [1.807, 2.05) is 52.4 Å². The van der Waals surface area contributed by atoms with Crippen molar-refractivity contribution in [3.8, 4) is 28.4 Å². The summed E-state index contributed by atoms with van der Waals surface area (Å²) in [7, 11) is 1.59. The Morgan fingerprint density at radius 1 is 1.31 bits per heavy atom. The molecule has 4 heterocycles. The van der Waals surface area contributed by atoms with Gasteiger partial charge in [0.2, 0.25) is 5.91 Å². The average molecular weight is 497 g/mol. The fraction of sp³-hybridized carbons (Fsp3) is 0.400. The van der Waals surface area contributed by atoms with Crippen molar-refractivity contribution in [1.29, 1.82) is 0 Å². The normalized spacial score (nSPS) is 16.2. The zero-order valence-corrected chi connectivity index (χ0v) is 21.0. The maximum Gasteiger partial charge on any atom is 0.275 e. The minimum Gasteiger partial charge on any atom is -0.496 e. The Morgan fingerprint density at radius 3 is 2.83 bits per heavy atom. The van der Waals surface area contributed by atoms with Crippen molar-refractivity contribution in [3.05, 3.63) is 45.8 Å². The molecule has 2 aliphatic heterocycles. The fourth-order valence-electron chi connectivity index (χ4n) is 4.57. The summed E-state index contributed by atoms with van der Waals surface area (Å²) in [5.74, 6) is 0.991. The van der Waals surface area contributed by atoms with Crippen molar-refractivity contribution in [2.45, 2.75) is 39.5 Å². The van der Waals surface area contributed by atoms with Gasteiger partial charge >= 0.3 is 0 Å². The van der Waals surface area contributed by atoms with E-state index in [0.29, 0.717) is 43.5 Å². The SMILES string of the molecule is COc1cc2c(cc1CNC(C)=O)-c1c(c(C(=O)N3CCOCC3(C)C)nn1-c1ccsc1)CO2. The molecule has 0 bridgehead atoms. The zero-order valence-electron chi connectivity index (χ0n) is 20.2. The number of carbonyl (C=O) groups excluding carboxylic acids is 2. The van der Waals surface area contributed by atoms with Gasteiger partial charge in [-0.3, -0.25) is 9.59 Å². The fourth-order valence-corrected chi connectivity index (χ4v) is 5.19. The van der Waals surface area contributed by atoms with E-state index in [9.17, 15) is 9.59 Å². The third-order valence-electron chi connectivity index (χ3n) is 6.36. The lowest BCUT2D eigenvalue weighted by Crippen LogP contribution is -2.55. The van der Waals surface area contributed by atoms with E-state index in [-0.39, 0.29) is 18.4 Å². The Morgan fingerprint density at radius 2 is 2.14 bits per heavy atom. The van der Waals surface area contributed by atoms with E-state index in [1.165, 1.54) is 6.92 Å². The summed E-state index contributed by atoms with van der Waals surface area (Å²) >= 11 is 1.56. The van der Waals surface area contributed by atoms with Crippen molar-refractivity contribution in [2.24, 2.45) is 0 Å². The highest BCUT2D eigenvalue weighted by Crippen LogP contribution is 2.44. The van der Waals surface area contributed by atoms with Crippen LogP contribution >= 0.6 is 11.3 Å². The number of thiophene rings is 1. The molecule has 3 aromatic rings. The standard InChI is InChI=1S/C25H28N4O5S/c1-15(30)26-11-16-9-18-21(10-20(16)32-4)34-12-19-22(24(31)28-6-7-33-14-25(28,2)3)27-29(23(18)19)17-5-8-35-13-17/h5,8-10,13H,6-7,11-12,14H2,1-4H3,(H,26,30). The summed E-state index contributed by atoms with van der Waals surface area (Å²) in [6, 6.07) is 5.74. The number of hydrogen-bond acceptors (Lipinski definition) is 7. The summed E-state index contributed by atoms with van der Waals surface area (Å²) in [5.41, 5.74) is 3.97. The predicted molar refractivity (Wildman–Crippen MR) is 131 cm³/mol. The number of hydrogen-bond donors (Lipinski definition) is 1. The molecule has 1 N–H and O–H groups in total. The Kier molecular flexibility index (Phi) is 6.02. The van der Waals surface area contributed by atoms with Crippen LogP contribution in [0.1, 0.15) is 42.4 Å². The van der Waals surface area contributed by atoms with Crippen LogP contribution < -0.4 is 14.8 Å². The zero-order chi connectivity index (χ0) is 24.7. The van der Waals surface area contributed by atoms with Crippen molar-refractivity contribution in [3.63, 3.8) is 0 Å². The maximum absolute atomic E-state index is 13.8. The molecule has 5 rings (SSSR count). The minimum atomic E-state index is -0.444. The van der Waals surface area contributed by atoms with E-state index in [2.05, 4.69) is 5.32 Å². The largest absolute Gasteiger partial charge is 0.496 e. The topological polar surface area (TPSA) is 94.9 Å². The summed E-state index contributed by atoms with van der Waals surface area (Å²) in [5, 5.41) is 11.6. The number of benzene rings is 1. The highest BCUT2D eigenvalue weighted by atomic mass is 32.1. The Hall–Kier alpha value is -3.37. The third kappa shape index (κ3) is 4.17. The first-order valence-corrected chi connectivity index (χ1v) is 12.4. The van der Waals surface area contributed by atoms with Crippen LogP contribution in [0.2, 0.25) is 0 Å². The van der Waals surface area contributed by atoms with Crippen molar-refractivity contribution < 1.29 is 23.8 Å². The van der Waals surface area contributed by atoms with Crippen molar-refractivity contribution in [2.75, 3.05) is 26.9 Å². The van der Waals surface area contributed by atoms with Crippen LogP contribution in [0.4, 0.5) is 0 Å². The monoisotopic (exact) mass is 496 g/mol. The van der Waals surface area contributed by atoms with E-state index in [1.54, 1.807) is 18.4 Å². The van der Waals surface area contributed by atoms with E-state index in [0.717, 1.165) is 28.1 Å². The number of nitrogens with one attached hydrogen (secondary N) is 1. The Balaban J connectivity index is 1.66. The molecule has 2 aliphatic rings. The van der Waals surface area contributed by atoms with Crippen molar-refractivity contribution in [1.82, 2.24) is 20.0 Å². The summed E-state index contributed by atoms with van der Waals surface area (Å²) in [6.07, 6.45) is 0. The molecule has 0 saturated carbocycles. The molecule has 0 spiro atoms. The van der Waals surface area contributed by atoms with E-state index in [4.69, 9.17) is 19.3 Å². The van der Waals surface area contributed by atoms with Gasteiger partial charge < -0.3 is 24.4 Å². The molecule has 2 amide bonds. The van der Waals surface area contributed by atoms with Gasteiger partial charge in [-0.1, -0.05) is 0 Å². The number of morpholine rings is 1. The molecule has 0 unspecified atom stereocenters. The van der Waals surface area contributed by atoms with Crippen LogP contribution in [0.15, 0.2) is 29.0 Å². The van der Waals surface area contributed by atoms with Gasteiger partial charge in [-0.25, -0.2) is 4.68 Å². The molecule has 1 aromatic carbocycles. The smallest absolute Gasteiger partial charge is 0.275 e. The first-order valence-electron chi connectivity index (χ1n) is 11.4. The number of rotatable bonds is 5. The summed E-state index contributed by atoms with van der Waals surface area (Å²) in [4.78, 5) is 27.2. The van der Waals surface area contributed by atoms with Crippen LogP contribution in [-0.2, 0) is 22.7 Å². The average Bonchev–Trinajstić information content (AvgIpc) is 3.49. The lowest BCUT2D eigenvalue weighted by atomic mass is 9.97. The number of aromatic nitrogens is 2. The minimum absolute atomic E-state index is 0.133. The van der Waals surface area contributed by atoms with Crippen LogP contribution in [-0.4, -0.2) is 58.9 Å². The molecule has 10 heteroatoms. The number of methoxy groups -OCH3 is 1. The molecule has 0 radical (unpaired) electrons. The van der Waals surface area contributed by atoms with Gasteiger partial charge in [0.05, 0.1) is 37.2 Å². The number of fused-ring (bicyclic) bond motifs is 3. The summed E-state index contributed by atoms with van der Waals surface area (Å²) < 4.78 is 19.1. The number of carbonyl (C=O) groups is 2. The van der Waals surface area contributed by atoms with Crippen LogP contribution in [0, 0.1) is 0 Å². The lowest BCUT2D eigenvalue weighted by Gasteiger charge is -2.41. The second-order valence-electron chi connectivity index (χ2n) is 9.25. The van der Waals surface area contributed by atoms with Crippen LogP contribution in [0.25, 0.3) is 16.9 Å². The highest BCUT2D eigenvalue weighted by molar-refractivity contribution is 7.08. The van der Waals surface area contributed by atoms with Crippen LogP contribution in [0.5, 0.6) is 11.5 Å². The van der Waals surface area contributed by atoms with Crippen LogP contribution in [0.3, 0.4) is 0 Å². The van der Waals surface area contributed by atoms with Gasteiger partial charge in [-0.05, 0) is 31.4 Å². The third-order valence-corrected chi connectivity index (χ3v) is 7.04. The van der Waals surface area contributed by atoms with Crippen molar-refractivity contribution >= 4 is 23.2 Å². The van der Waals surface area contributed by atoms with Gasteiger partial charge in [0, 0.05) is 48.2 Å². The number of ether oxygens (including phenoxy) is 3. The summed E-state index contributed by atoms with van der Waals surface area (Å²) in [6.45, 7) is 7.46. The van der Waals surface area contributed by atoms with Gasteiger partial charge in [-0.2, -0.15) is 16.4 Å². The second kappa shape index (κ2) is 9.01. The van der Waals surface area contributed by atoms with Gasteiger partial charge in [0.1, 0.15) is 18.1 Å². The van der Waals surface area contributed by atoms with Gasteiger partial charge in [0.25, 0.3) is 5.91 Å². The molecular formula is C25H28N4O5S. The first kappa shape index (κ1) is 23.4. The Labute approximate surface area is 207 Å². The molecule has 1 fully saturated rings. The van der Waals surface area contributed by atoms with E-state index < -0.39 is 5.54 Å². The number of nitrogens with zero attached hydrogens (tertiary/aromatic N) is 3. The maximum atomic E-state index is 13.8. The number of amides is 2. The first-order chi connectivity index (χ1) is 16.8. The molecule has 35 heavy (non-hydrogen) atoms. The Bertz CT molecular complexity index is 1280. The predicted octanol–water partition coefficient (Wildman–Crippen LogP) is 3.39. The highest BCUT2D eigenvalue weighted by Gasteiger charge is 2.39. The quantitative estimate of drug-likeness (QED) is 0.582. The lowest BCUT2D eigenvalue weighted by molar-refractivity contribution is -0.119. The molecule has 0 aliphatic carbocycles. The van der Waals surface area contributed by atoms with E-state index >= 15 is 0 Å². The molecule has 9 nitrogen and oxygen atoms in total. The van der Waals surface area contributed by atoms with Gasteiger partial charge in [0.15, 0.2) is 5.69 Å². The molecule has 0 atom stereocenters. The molecule has 184 valence electrons. The second-order valence-corrected chi connectivity index (χ2v) is 10.0. The molecule has 2 aromatic heterocycles. The van der Waals surface area contributed by atoms with Gasteiger partial charge in [-0.15, -0.1) is 0 Å².